The van der Waals surface area contributed by atoms with Crippen molar-refractivity contribution >= 4 is 28.4 Å². The number of methoxy groups -OCH3 is 1. The van der Waals surface area contributed by atoms with E-state index < -0.39 is 0 Å². The largest absolute Gasteiger partial charge is 0.476 e. The third-order valence-corrected chi connectivity index (χ3v) is 4.05. The molecule has 0 aliphatic heterocycles. The summed E-state index contributed by atoms with van der Waals surface area (Å²) in [6.07, 6.45) is 9.24. The maximum Gasteiger partial charge on any atom is 0.222 e. The number of ether oxygens (including phenoxy) is 2. The lowest BCUT2D eigenvalue weighted by Crippen LogP contribution is -2.13. The van der Waals surface area contributed by atoms with Gasteiger partial charge in [-0.25, -0.2) is 0 Å². The molecule has 0 saturated carbocycles. The number of hydrogen-bond acceptors (Lipinski definition) is 4. The van der Waals surface area contributed by atoms with Crippen LogP contribution >= 0.6 is 24.0 Å². The highest BCUT2D eigenvalue weighted by atomic mass is 32.2. The van der Waals surface area contributed by atoms with Gasteiger partial charge in [-0.3, -0.25) is 0 Å². The molecule has 4 heteroatoms. The second-order valence-electron chi connectivity index (χ2n) is 4.66. The van der Waals surface area contributed by atoms with Crippen LogP contribution in [0.25, 0.3) is 0 Å². The standard InChI is InChI=1S/C14H28O2S2/c1-5-6-7-8-9-10-11-12(2)16-14(17)18-13(3)15-4/h12-13H,5-11H2,1-4H3. The van der Waals surface area contributed by atoms with E-state index in [1.54, 1.807) is 7.11 Å². The monoisotopic (exact) mass is 292 g/mol. The molecule has 0 N–H and O–H groups in total. The predicted octanol–water partition coefficient (Wildman–Crippen LogP) is 5.15. The van der Waals surface area contributed by atoms with Crippen LogP contribution in [0.3, 0.4) is 0 Å². The zero-order valence-corrected chi connectivity index (χ0v) is 13.9. The molecule has 108 valence electrons. The highest BCUT2D eigenvalue weighted by molar-refractivity contribution is 8.22. The lowest BCUT2D eigenvalue weighted by atomic mass is 10.1. The fraction of sp³-hybridized carbons (Fsp3) is 0.929. The Morgan fingerprint density at radius 1 is 1.11 bits per heavy atom. The molecule has 0 radical (unpaired) electrons. The van der Waals surface area contributed by atoms with E-state index in [1.807, 2.05) is 6.92 Å². The quantitative estimate of drug-likeness (QED) is 0.315. The molecule has 2 unspecified atom stereocenters. The molecule has 0 aromatic rings. The molecule has 18 heavy (non-hydrogen) atoms. The van der Waals surface area contributed by atoms with Gasteiger partial charge >= 0.3 is 0 Å². The first-order valence-electron chi connectivity index (χ1n) is 7.00. The van der Waals surface area contributed by atoms with E-state index in [9.17, 15) is 0 Å². The summed E-state index contributed by atoms with van der Waals surface area (Å²) >= 11 is 6.63. The Bertz CT molecular complexity index is 210. The van der Waals surface area contributed by atoms with Crippen molar-refractivity contribution in [2.45, 2.75) is 77.3 Å². The lowest BCUT2D eigenvalue weighted by molar-refractivity contribution is 0.185. The summed E-state index contributed by atoms with van der Waals surface area (Å²) in [7, 11) is 1.68. The summed E-state index contributed by atoms with van der Waals surface area (Å²) in [5, 5.41) is 0. The zero-order chi connectivity index (χ0) is 13.8. The number of thioether (sulfide) groups is 1. The van der Waals surface area contributed by atoms with Crippen LogP contribution in [0.1, 0.15) is 65.7 Å². The molecule has 0 spiro atoms. The Labute approximate surface area is 122 Å². The summed E-state index contributed by atoms with van der Waals surface area (Å²) in [5.41, 5.74) is 0.0683. The van der Waals surface area contributed by atoms with Gasteiger partial charge in [0.1, 0.15) is 5.44 Å². The average molecular weight is 293 g/mol. The molecule has 2 nitrogen and oxygen atoms in total. The molecule has 0 rings (SSSR count). The number of thiocarbonyl (C=S) groups is 1. The van der Waals surface area contributed by atoms with Crippen molar-refractivity contribution in [1.82, 2.24) is 0 Å². The molecule has 0 aliphatic carbocycles. The van der Waals surface area contributed by atoms with Crippen molar-refractivity contribution in [3.8, 4) is 0 Å². The minimum Gasteiger partial charge on any atom is -0.476 e. The second-order valence-corrected chi connectivity index (χ2v) is 6.56. The molecule has 0 aromatic heterocycles. The molecule has 0 bridgehead atoms. The first-order chi connectivity index (χ1) is 8.60. The highest BCUT2D eigenvalue weighted by Crippen LogP contribution is 2.17. The zero-order valence-electron chi connectivity index (χ0n) is 12.2. The Morgan fingerprint density at radius 2 is 1.72 bits per heavy atom. The van der Waals surface area contributed by atoms with E-state index in [1.165, 1.54) is 50.3 Å². The van der Waals surface area contributed by atoms with Gasteiger partial charge in [0, 0.05) is 7.11 Å². The van der Waals surface area contributed by atoms with Crippen molar-refractivity contribution in [3.05, 3.63) is 0 Å². The number of unbranched alkanes of at least 4 members (excludes halogenated alkanes) is 5. The van der Waals surface area contributed by atoms with Gasteiger partial charge in [0.15, 0.2) is 0 Å². The Hall–Kier alpha value is 0.200. The van der Waals surface area contributed by atoms with Crippen molar-refractivity contribution in [1.29, 1.82) is 0 Å². The van der Waals surface area contributed by atoms with Crippen LogP contribution in [0.4, 0.5) is 0 Å². The minimum absolute atomic E-state index is 0.0683. The lowest BCUT2D eigenvalue weighted by Gasteiger charge is -2.16. The molecule has 0 fully saturated rings. The van der Waals surface area contributed by atoms with Crippen molar-refractivity contribution in [3.63, 3.8) is 0 Å². The van der Waals surface area contributed by atoms with Gasteiger partial charge in [-0.2, -0.15) is 0 Å². The summed E-state index contributed by atoms with van der Waals surface area (Å²) in [6.45, 7) is 6.31. The number of hydrogen-bond donors (Lipinski definition) is 0. The van der Waals surface area contributed by atoms with Gasteiger partial charge in [-0.1, -0.05) is 39.0 Å². The van der Waals surface area contributed by atoms with Crippen LogP contribution in [0.5, 0.6) is 0 Å². The number of rotatable bonds is 10. The molecular weight excluding hydrogens is 264 g/mol. The third-order valence-electron chi connectivity index (χ3n) is 2.86. The van der Waals surface area contributed by atoms with Gasteiger partial charge in [-0.15, -0.1) is 0 Å². The maximum absolute atomic E-state index is 5.66. The van der Waals surface area contributed by atoms with Gasteiger partial charge in [0.25, 0.3) is 0 Å². The van der Waals surface area contributed by atoms with Crippen LogP contribution in [-0.4, -0.2) is 23.0 Å². The van der Waals surface area contributed by atoms with E-state index in [0.717, 1.165) is 6.42 Å². The van der Waals surface area contributed by atoms with Crippen molar-refractivity contribution < 1.29 is 9.47 Å². The van der Waals surface area contributed by atoms with E-state index in [0.29, 0.717) is 4.38 Å². The van der Waals surface area contributed by atoms with Crippen molar-refractivity contribution in [2.24, 2.45) is 0 Å². The highest BCUT2D eigenvalue weighted by Gasteiger charge is 2.10. The molecule has 0 amide bonds. The second kappa shape index (κ2) is 12.2. The fourth-order valence-corrected chi connectivity index (χ4v) is 2.80. The normalized spacial score (nSPS) is 14.2. The summed E-state index contributed by atoms with van der Waals surface area (Å²) in [4.78, 5) is 0. The van der Waals surface area contributed by atoms with Crippen LogP contribution in [0.15, 0.2) is 0 Å². The van der Waals surface area contributed by atoms with E-state index in [4.69, 9.17) is 21.7 Å². The average Bonchev–Trinajstić information content (AvgIpc) is 2.33. The third kappa shape index (κ3) is 11.3. The first-order valence-corrected chi connectivity index (χ1v) is 8.29. The Balaban J connectivity index is 3.46. The fourth-order valence-electron chi connectivity index (χ4n) is 1.65. The molecule has 0 saturated heterocycles. The molecule has 0 aromatic carbocycles. The van der Waals surface area contributed by atoms with Gasteiger partial charge in [-0.05, 0) is 50.7 Å². The van der Waals surface area contributed by atoms with Crippen LogP contribution < -0.4 is 0 Å². The van der Waals surface area contributed by atoms with Crippen LogP contribution in [0.2, 0.25) is 0 Å². The summed E-state index contributed by atoms with van der Waals surface area (Å²) in [5.74, 6) is 0. The molecular formula is C14H28O2S2. The van der Waals surface area contributed by atoms with E-state index >= 15 is 0 Å². The minimum atomic E-state index is 0.0683. The first kappa shape index (κ1) is 18.2. The predicted molar refractivity (Wildman–Crippen MR) is 85.2 cm³/mol. The molecule has 0 heterocycles. The van der Waals surface area contributed by atoms with Gasteiger partial charge in [0.05, 0.1) is 6.10 Å². The maximum atomic E-state index is 5.66. The summed E-state index contributed by atoms with van der Waals surface area (Å²) < 4.78 is 11.4. The Kier molecular flexibility index (Phi) is 12.4. The SMILES string of the molecule is CCCCCCCCC(C)OC(=S)SC(C)OC. The smallest absolute Gasteiger partial charge is 0.222 e. The molecule has 2 atom stereocenters. The van der Waals surface area contributed by atoms with E-state index in [2.05, 4.69) is 13.8 Å². The molecule has 0 aliphatic rings. The summed E-state index contributed by atoms with van der Waals surface area (Å²) in [6, 6.07) is 0. The van der Waals surface area contributed by atoms with Crippen molar-refractivity contribution in [2.75, 3.05) is 7.11 Å². The van der Waals surface area contributed by atoms with Crippen LogP contribution in [-0.2, 0) is 9.47 Å². The van der Waals surface area contributed by atoms with Gasteiger partial charge < -0.3 is 9.47 Å². The van der Waals surface area contributed by atoms with E-state index in [-0.39, 0.29) is 11.5 Å². The van der Waals surface area contributed by atoms with Crippen LogP contribution in [0, 0.1) is 0 Å². The Morgan fingerprint density at radius 3 is 2.33 bits per heavy atom. The van der Waals surface area contributed by atoms with Gasteiger partial charge in [0.2, 0.25) is 4.38 Å². The topological polar surface area (TPSA) is 18.5 Å².